The van der Waals surface area contributed by atoms with Crippen LogP contribution in [0.1, 0.15) is 41.3 Å². The Morgan fingerprint density at radius 2 is 1.53 bits per heavy atom. The average molecular weight is 716 g/mol. The molecule has 45 heavy (non-hydrogen) atoms. The zero-order chi connectivity index (χ0) is 34.6. The van der Waals surface area contributed by atoms with Gasteiger partial charge >= 0.3 is 18.1 Å². The summed E-state index contributed by atoms with van der Waals surface area (Å²) in [5.41, 5.74) is 1.83. The zero-order valence-corrected chi connectivity index (χ0v) is 26.3. The summed E-state index contributed by atoms with van der Waals surface area (Å²) < 4.78 is 45.2. The summed E-state index contributed by atoms with van der Waals surface area (Å²) in [4.78, 5) is 62.5. The molecule has 1 unspecified atom stereocenters. The molecule has 1 fully saturated rings. The fraction of sp³-hybridized carbons (Fsp3) is 0.321. The average Bonchev–Trinajstić information content (AvgIpc) is 3.47. The quantitative estimate of drug-likeness (QED) is 0.254. The minimum absolute atomic E-state index is 0.0313. The van der Waals surface area contributed by atoms with Gasteiger partial charge in [-0.05, 0) is 76.9 Å². The smallest absolute Gasteiger partial charge is 0.456 e. The van der Waals surface area contributed by atoms with Gasteiger partial charge in [-0.3, -0.25) is 28.8 Å². The predicted molar refractivity (Wildman–Crippen MR) is 157 cm³/mol. The van der Waals surface area contributed by atoms with E-state index in [0.717, 1.165) is 5.56 Å². The Morgan fingerprint density at radius 1 is 0.933 bits per heavy atom. The van der Waals surface area contributed by atoms with Crippen molar-refractivity contribution in [2.45, 2.75) is 38.6 Å². The van der Waals surface area contributed by atoms with Crippen molar-refractivity contribution < 1.29 is 51.4 Å². The Kier molecular flexibility index (Phi) is 20.3. The molecule has 0 aliphatic carbocycles. The van der Waals surface area contributed by atoms with Crippen LogP contribution in [-0.2, 0) is 40.1 Å². The van der Waals surface area contributed by atoms with Gasteiger partial charge in [0.25, 0.3) is 10.5 Å². The topological polar surface area (TPSA) is 148 Å². The van der Waals surface area contributed by atoms with Crippen molar-refractivity contribution in [3.8, 4) is 6.07 Å². The molecule has 0 saturated carbocycles. The Hall–Kier alpha value is -3.54. The second-order valence-electron chi connectivity index (χ2n) is 8.39. The zero-order valence-electron chi connectivity index (χ0n) is 23.3. The second-order valence-corrected chi connectivity index (χ2v) is 9.95. The molecule has 1 aliphatic rings. The summed E-state index contributed by atoms with van der Waals surface area (Å²) in [6, 6.07) is 16.7. The molecule has 244 valence electrons. The van der Waals surface area contributed by atoms with E-state index < -0.39 is 45.1 Å². The number of likely N-dealkylation sites (tertiary alicyclic amines) is 1. The van der Waals surface area contributed by atoms with E-state index in [9.17, 15) is 41.9 Å². The Balaban J connectivity index is 0.000000584. The monoisotopic (exact) mass is 714 g/mol. The molecular formula is C28H25Cl4F3N2O8. The fourth-order valence-corrected chi connectivity index (χ4v) is 3.58. The van der Waals surface area contributed by atoms with Crippen LogP contribution < -0.4 is 0 Å². The lowest BCUT2D eigenvalue weighted by Crippen LogP contribution is -2.45. The van der Waals surface area contributed by atoms with Crippen molar-refractivity contribution in [2.24, 2.45) is 0 Å². The molecule has 1 heterocycles. The van der Waals surface area contributed by atoms with Crippen molar-refractivity contribution in [2.75, 3.05) is 19.8 Å². The number of halogens is 7. The summed E-state index contributed by atoms with van der Waals surface area (Å²) in [5.74, 6) is -2.49. The lowest BCUT2D eigenvalue weighted by molar-refractivity contribution is -0.186. The molecule has 1 amide bonds. The number of hydrogen-bond acceptors (Lipinski definition) is 9. The molecular weight excluding hydrogens is 691 g/mol. The van der Waals surface area contributed by atoms with Crippen LogP contribution >= 0.6 is 46.4 Å². The molecule has 10 nitrogen and oxygen atoms in total. The summed E-state index contributed by atoms with van der Waals surface area (Å²) >= 11 is 20.1. The Bertz CT molecular complexity index is 1340. The highest BCUT2D eigenvalue weighted by molar-refractivity contribution is 6.67. The number of carbonyl (C=O) groups is 6. The number of carbonyl (C=O) groups excluding carboxylic acids is 6. The second kappa shape index (κ2) is 22.0. The first-order valence-electron chi connectivity index (χ1n) is 12.4. The fourth-order valence-electron chi connectivity index (χ4n) is 3.10. The number of alkyl halides is 3. The van der Waals surface area contributed by atoms with E-state index in [1.165, 1.54) is 13.0 Å². The molecule has 0 spiro atoms. The van der Waals surface area contributed by atoms with Crippen molar-refractivity contribution >= 4 is 79.2 Å². The maximum Gasteiger partial charge on any atom is 0.471 e. The third kappa shape index (κ3) is 19.5. The highest BCUT2D eigenvalue weighted by Crippen LogP contribution is 2.26. The normalized spacial score (nSPS) is 13.2. The van der Waals surface area contributed by atoms with Gasteiger partial charge in [0.05, 0.1) is 18.2 Å². The van der Waals surface area contributed by atoms with Gasteiger partial charge in [-0.15, -0.1) is 0 Å². The number of nitrogens with zero attached hydrogens (tertiary/aromatic N) is 2. The lowest BCUT2D eigenvalue weighted by Gasteiger charge is -2.22. The molecule has 0 bridgehead atoms. The number of esters is 1. The Labute approximate surface area is 275 Å². The van der Waals surface area contributed by atoms with Crippen molar-refractivity contribution in [1.29, 1.82) is 5.26 Å². The largest absolute Gasteiger partial charge is 0.471 e. The van der Waals surface area contributed by atoms with E-state index in [-0.39, 0.29) is 26.2 Å². The molecule has 0 N–H and O–H groups in total. The first-order valence-corrected chi connectivity index (χ1v) is 13.9. The third-order valence-corrected chi connectivity index (χ3v) is 5.64. The lowest BCUT2D eigenvalue weighted by atomic mass is 10.1. The summed E-state index contributed by atoms with van der Waals surface area (Å²) in [6.07, 6.45) is -4.37. The molecule has 2 aromatic rings. The van der Waals surface area contributed by atoms with Crippen LogP contribution in [0.15, 0.2) is 54.6 Å². The van der Waals surface area contributed by atoms with Crippen molar-refractivity contribution in [3.05, 3.63) is 71.3 Å². The molecule has 1 atom stereocenters. The molecule has 1 aliphatic heterocycles. The summed E-state index contributed by atoms with van der Waals surface area (Å²) in [6.45, 7) is 1.20. The minimum Gasteiger partial charge on any atom is -0.456 e. The van der Waals surface area contributed by atoms with Crippen LogP contribution in [-0.4, -0.2) is 69.7 Å². The number of benzene rings is 2. The summed E-state index contributed by atoms with van der Waals surface area (Å²) in [7, 11) is 0. The van der Waals surface area contributed by atoms with Gasteiger partial charge < -0.3 is 14.4 Å². The van der Waals surface area contributed by atoms with Gasteiger partial charge in [0.15, 0.2) is 6.61 Å². The number of ether oxygens (including phenoxy) is 2. The number of hydrogen-bond donors (Lipinski definition) is 0. The molecule has 0 radical (unpaired) electrons. The van der Waals surface area contributed by atoms with Crippen LogP contribution in [0.5, 0.6) is 0 Å². The first kappa shape index (κ1) is 41.5. The van der Waals surface area contributed by atoms with E-state index in [1.807, 2.05) is 36.4 Å². The van der Waals surface area contributed by atoms with Gasteiger partial charge in [-0.1, -0.05) is 42.5 Å². The maximum absolute atomic E-state index is 12.0. The van der Waals surface area contributed by atoms with Crippen LogP contribution in [0.3, 0.4) is 0 Å². The predicted octanol–water partition coefficient (Wildman–Crippen LogP) is 5.53. The van der Waals surface area contributed by atoms with Gasteiger partial charge in [0.2, 0.25) is 10.5 Å². The van der Waals surface area contributed by atoms with E-state index >= 15 is 0 Å². The van der Waals surface area contributed by atoms with Crippen LogP contribution in [0, 0.1) is 11.3 Å². The van der Waals surface area contributed by atoms with Gasteiger partial charge in [0, 0.05) is 19.0 Å². The number of amides is 1. The van der Waals surface area contributed by atoms with Gasteiger partial charge in [-0.2, -0.15) is 18.4 Å². The van der Waals surface area contributed by atoms with Crippen molar-refractivity contribution in [3.63, 3.8) is 0 Å². The molecule has 0 aromatic heterocycles. The molecule has 1 saturated heterocycles. The Morgan fingerprint density at radius 3 is 1.98 bits per heavy atom. The number of nitriles is 1. The number of rotatable bonds is 8. The minimum atomic E-state index is -4.94. The SMILES string of the molecule is CC(=O)OCC(=O)Cl.N#Cc1cccc(C(=O)Cl)c1.O=C(Cl)C1CCCN1C(=O)C(F)(F)F.O=C(Cl)COCc1ccccc1. The highest BCUT2D eigenvalue weighted by Gasteiger charge is 2.47. The maximum atomic E-state index is 12.0. The highest BCUT2D eigenvalue weighted by atomic mass is 35.5. The van der Waals surface area contributed by atoms with Crippen LogP contribution in [0.2, 0.25) is 0 Å². The van der Waals surface area contributed by atoms with E-state index in [1.54, 1.807) is 18.2 Å². The van der Waals surface area contributed by atoms with E-state index in [0.29, 0.717) is 29.1 Å². The molecule has 17 heteroatoms. The standard InChI is InChI=1S/C9H9ClO2.C8H4ClNO.C7H7ClF3NO2.C4H5ClO3/c10-9(11)7-12-6-8-4-2-1-3-5-8;9-8(11)7-3-1-2-6(4-7)5-10;8-5(13)4-2-1-3-12(4)6(14)7(9,10)11;1-3(6)8-2-4(5)7/h1-5H,6-7H2;1-4H;4H,1-3H2;2H2,1H3. The van der Waals surface area contributed by atoms with Gasteiger partial charge in [-0.25, -0.2) is 0 Å². The van der Waals surface area contributed by atoms with Gasteiger partial charge in [0.1, 0.15) is 12.6 Å². The van der Waals surface area contributed by atoms with E-state index in [2.05, 4.69) is 4.74 Å². The third-order valence-electron chi connectivity index (χ3n) is 4.95. The summed E-state index contributed by atoms with van der Waals surface area (Å²) in [5, 5.41) is 5.85. The van der Waals surface area contributed by atoms with Crippen LogP contribution in [0.25, 0.3) is 0 Å². The molecule has 2 aromatic carbocycles. The van der Waals surface area contributed by atoms with Crippen LogP contribution in [0.4, 0.5) is 13.2 Å². The molecule has 3 rings (SSSR count). The first-order chi connectivity index (χ1) is 21.0. The van der Waals surface area contributed by atoms with E-state index in [4.69, 9.17) is 56.4 Å². The van der Waals surface area contributed by atoms with Crippen molar-refractivity contribution in [1.82, 2.24) is 4.90 Å².